The van der Waals surface area contributed by atoms with E-state index in [-0.39, 0.29) is 23.9 Å². The van der Waals surface area contributed by atoms with E-state index in [1.165, 1.54) is 0 Å². The van der Waals surface area contributed by atoms with Crippen molar-refractivity contribution in [1.29, 1.82) is 0 Å². The van der Waals surface area contributed by atoms with Gasteiger partial charge in [-0.15, -0.1) is 0 Å². The van der Waals surface area contributed by atoms with Gasteiger partial charge in [0.05, 0.1) is 6.61 Å². The molecule has 1 fully saturated rings. The quantitative estimate of drug-likeness (QED) is 0.739. The molecular weight excluding hydrogens is 281 g/mol. The molecule has 112 valence electrons. The first kappa shape index (κ1) is 16.4. The highest BCUT2D eigenvalue weighted by Gasteiger charge is 2.29. The predicted molar refractivity (Wildman–Crippen MR) is 68.4 cm³/mol. The summed E-state index contributed by atoms with van der Waals surface area (Å²) in [7, 11) is 0. The highest BCUT2D eigenvalue weighted by Crippen LogP contribution is 2.36. The number of carbonyl (C=O) groups is 1. The van der Waals surface area contributed by atoms with E-state index >= 15 is 0 Å². The van der Waals surface area contributed by atoms with Crippen LogP contribution in [-0.2, 0) is 4.74 Å². The largest absolute Gasteiger partial charge is 0.411 e. The fourth-order valence-corrected chi connectivity index (χ4v) is 2.98. The molecule has 1 heterocycles. The smallest absolute Gasteiger partial charge is 0.370 e. The van der Waals surface area contributed by atoms with Gasteiger partial charge in [-0.25, -0.2) is 4.79 Å². The molecule has 1 rings (SSSR count). The highest BCUT2D eigenvalue weighted by molar-refractivity contribution is 8.00. The summed E-state index contributed by atoms with van der Waals surface area (Å²) in [5.41, 5.74) is 0. The number of thioether (sulfide) groups is 1. The van der Waals surface area contributed by atoms with Gasteiger partial charge in [0.1, 0.15) is 6.61 Å². The van der Waals surface area contributed by atoms with Crippen molar-refractivity contribution in [1.82, 2.24) is 10.6 Å². The van der Waals surface area contributed by atoms with Crippen LogP contribution >= 0.6 is 11.8 Å². The molecule has 8 heteroatoms. The van der Waals surface area contributed by atoms with E-state index in [1.54, 1.807) is 0 Å². The van der Waals surface area contributed by atoms with E-state index in [0.29, 0.717) is 6.54 Å². The maximum Gasteiger partial charge on any atom is 0.411 e. The van der Waals surface area contributed by atoms with E-state index in [0.717, 1.165) is 18.6 Å². The first-order chi connectivity index (χ1) is 8.81. The maximum atomic E-state index is 11.8. The second kappa shape index (κ2) is 7.23. The van der Waals surface area contributed by atoms with Gasteiger partial charge in [0.25, 0.3) is 0 Å². The number of ether oxygens (including phenoxy) is 1. The summed E-state index contributed by atoms with van der Waals surface area (Å²) in [5.74, 6) is 1.10. The second-order valence-electron chi connectivity index (χ2n) is 4.68. The van der Waals surface area contributed by atoms with E-state index in [9.17, 15) is 18.0 Å². The summed E-state index contributed by atoms with van der Waals surface area (Å²) in [6.07, 6.45) is -2.11. The topological polar surface area (TPSA) is 50.4 Å². The molecule has 1 atom stereocenters. The number of rotatable bonds is 6. The molecule has 0 aromatic rings. The summed E-state index contributed by atoms with van der Waals surface area (Å²) in [6, 6.07) is -0.371. The first-order valence-corrected chi connectivity index (χ1v) is 7.09. The van der Waals surface area contributed by atoms with Gasteiger partial charge in [0, 0.05) is 17.8 Å². The lowest BCUT2D eigenvalue weighted by Crippen LogP contribution is -2.43. The molecule has 4 nitrogen and oxygen atoms in total. The maximum absolute atomic E-state index is 11.8. The molecule has 0 unspecified atom stereocenters. The van der Waals surface area contributed by atoms with E-state index in [4.69, 9.17) is 0 Å². The Morgan fingerprint density at radius 3 is 2.74 bits per heavy atom. The standard InChI is InChI=1S/C11H19F3N2O2S/c1-10(3-2-6-19-10)7-16-9(17)15-4-5-18-8-11(12,13)14/h2-8H2,1H3,(H2,15,16,17)/t10-/m1/s1. The van der Waals surface area contributed by atoms with Crippen LogP contribution in [0.4, 0.5) is 18.0 Å². The van der Waals surface area contributed by atoms with Crippen molar-refractivity contribution in [3.8, 4) is 0 Å². The molecule has 2 amide bonds. The summed E-state index contributed by atoms with van der Waals surface area (Å²) in [6.45, 7) is 1.28. The molecule has 1 saturated heterocycles. The van der Waals surface area contributed by atoms with Crippen molar-refractivity contribution in [3.63, 3.8) is 0 Å². The van der Waals surface area contributed by atoms with Crippen LogP contribution in [-0.4, -0.2) is 49.0 Å². The fraction of sp³-hybridized carbons (Fsp3) is 0.909. The Balaban J connectivity index is 2.02. The fourth-order valence-electron chi connectivity index (χ4n) is 1.73. The van der Waals surface area contributed by atoms with Gasteiger partial charge < -0.3 is 15.4 Å². The molecule has 1 aliphatic rings. The SMILES string of the molecule is C[C@]1(CNC(=O)NCCOCC(F)(F)F)CCCS1. The average molecular weight is 300 g/mol. The van der Waals surface area contributed by atoms with E-state index in [1.807, 2.05) is 11.8 Å². The van der Waals surface area contributed by atoms with Crippen molar-refractivity contribution in [2.24, 2.45) is 0 Å². The zero-order valence-electron chi connectivity index (χ0n) is 10.8. The number of alkyl halides is 3. The van der Waals surface area contributed by atoms with Gasteiger partial charge in [-0.2, -0.15) is 24.9 Å². The summed E-state index contributed by atoms with van der Waals surface area (Å²) >= 11 is 1.83. The van der Waals surface area contributed by atoms with Crippen LogP contribution in [0.5, 0.6) is 0 Å². The zero-order valence-corrected chi connectivity index (χ0v) is 11.6. The van der Waals surface area contributed by atoms with E-state index in [2.05, 4.69) is 22.3 Å². The third-order valence-electron chi connectivity index (χ3n) is 2.72. The van der Waals surface area contributed by atoms with Gasteiger partial charge >= 0.3 is 12.2 Å². The van der Waals surface area contributed by atoms with Crippen LogP contribution in [0, 0.1) is 0 Å². The Kier molecular flexibility index (Phi) is 6.25. The number of hydrogen-bond acceptors (Lipinski definition) is 3. The third-order valence-corrected chi connectivity index (χ3v) is 4.26. The Bertz CT molecular complexity index is 294. The summed E-state index contributed by atoms with van der Waals surface area (Å²) in [5, 5.41) is 5.18. The van der Waals surface area contributed by atoms with Crippen LogP contribution in [0.25, 0.3) is 0 Å². The Labute approximate surface area is 114 Å². The average Bonchev–Trinajstić information content (AvgIpc) is 2.72. The van der Waals surface area contributed by atoms with Gasteiger partial charge in [0.15, 0.2) is 0 Å². The van der Waals surface area contributed by atoms with Gasteiger partial charge in [0.2, 0.25) is 0 Å². The van der Waals surface area contributed by atoms with Crippen molar-refractivity contribution in [2.45, 2.75) is 30.7 Å². The summed E-state index contributed by atoms with van der Waals surface area (Å²) in [4.78, 5) is 11.4. The van der Waals surface area contributed by atoms with Crippen LogP contribution in [0.3, 0.4) is 0 Å². The van der Waals surface area contributed by atoms with Gasteiger partial charge in [-0.05, 0) is 25.5 Å². The number of amides is 2. The van der Waals surface area contributed by atoms with Crippen LogP contribution in [0.15, 0.2) is 0 Å². The van der Waals surface area contributed by atoms with Crippen LogP contribution in [0.2, 0.25) is 0 Å². The van der Waals surface area contributed by atoms with Crippen molar-refractivity contribution in [3.05, 3.63) is 0 Å². The molecule has 0 aliphatic carbocycles. The number of halogens is 3. The normalized spacial score (nSPS) is 23.4. The minimum absolute atomic E-state index is 0.0613. The monoisotopic (exact) mass is 300 g/mol. The second-order valence-corrected chi connectivity index (χ2v) is 6.36. The zero-order chi connectivity index (χ0) is 14.4. The molecular formula is C11H19F3N2O2S. The Morgan fingerprint density at radius 1 is 1.42 bits per heavy atom. The highest BCUT2D eigenvalue weighted by atomic mass is 32.2. The Morgan fingerprint density at radius 2 is 2.16 bits per heavy atom. The third kappa shape index (κ3) is 7.51. The number of urea groups is 1. The van der Waals surface area contributed by atoms with Crippen molar-refractivity contribution >= 4 is 17.8 Å². The molecule has 0 radical (unpaired) electrons. The van der Waals surface area contributed by atoms with Crippen molar-refractivity contribution in [2.75, 3.05) is 32.1 Å². The molecule has 0 saturated carbocycles. The number of carbonyl (C=O) groups excluding carboxylic acids is 1. The molecule has 2 N–H and O–H groups in total. The molecule has 1 aliphatic heterocycles. The minimum atomic E-state index is -4.32. The lowest BCUT2D eigenvalue weighted by Gasteiger charge is -2.22. The lowest BCUT2D eigenvalue weighted by molar-refractivity contribution is -0.173. The molecule has 0 bridgehead atoms. The Hall–Kier alpha value is -0.630. The number of nitrogens with one attached hydrogen (secondary N) is 2. The molecule has 0 spiro atoms. The number of hydrogen-bond donors (Lipinski definition) is 2. The van der Waals surface area contributed by atoms with Gasteiger partial charge in [-0.1, -0.05) is 0 Å². The van der Waals surface area contributed by atoms with E-state index < -0.39 is 12.8 Å². The summed E-state index contributed by atoms with van der Waals surface area (Å²) < 4.78 is 39.7. The van der Waals surface area contributed by atoms with Gasteiger partial charge in [-0.3, -0.25) is 0 Å². The lowest BCUT2D eigenvalue weighted by atomic mass is 10.1. The molecule has 0 aromatic heterocycles. The minimum Gasteiger partial charge on any atom is -0.370 e. The predicted octanol–water partition coefficient (Wildman–Crippen LogP) is 2.15. The van der Waals surface area contributed by atoms with Crippen LogP contribution < -0.4 is 10.6 Å². The van der Waals surface area contributed by atoms with Crippen LogP contribution in [0.1, 0.15) is 19.8 Å². The van der Waals surface area contributed by atoms with Crippen molar-refractivity contribution < 1.29 is 22.7 Å². The first-order valence-electron chi connectivity index (χ1n) is 6.11. The molecule has 0 aromatic carbocycles. The molecule has 19 heavy (non-hydrogen) atoms.